The number of rotatable bonds is 2. The van der Waals surface area contributed by atoms with Crippen LogP contribution in [-0.2, 0) is 6.42 Å². The number of para-hydroxylation sites is 2. The van der Waals surface area contributed by atoms with Gasteiger partial charge in [0, 0.05) is 29.8 Å². The molecule has 3 atom stereocenters. The summed E-state index contributed by atoms with van der Waals surface area (Å²) in [4.78, 5) is 2.68. The van der Waals surface area contributed by atoms with E-state index in [-0.39, 0.29) is 6.04 Å². The Hall–Kier alpha value is -2.36. The maximum atomic E-state index is 4.58. The lowest BCUT2D eigenvalue weighted by Crippen LogP contribution is -2.49. The fourth-order valence-corrected chi connectivity index (χ4v) is 5.10. The Balaban J connectivity index is 1.76. The molecule has 2 aromatic carbocycles. The summed E-state index contributed by atoms with van der Waals surface area (Å²) in [6, 6.07) is 16.0. The van der Waals surface area contributed by atoms with Crippen LogP contribution in [0.4, 0.5) is 5.69 Å². The van der Waals surface area contributed by atoms with Crippen LogP contribution in [-0.4, -0.2) is 27.6 Å². The van der Waals surface area contributed by atoms with Gasteiger partial charge in [0.05, 0.1) is 11.6 Å². The second-order valence-electron chi connectivity index (χ2n) is 7.45. The molecule has 0 saturated heterocycles. The van der Waals surface area contributed by atoms with Crippen molar-refractivity contribution in [3.05, 3.63) is 53.6 Å². The Morgan fingerprint density at radius 1 is 1.12 bits per heavy atom. The Kier molecular flexibility index (Phi) is 3.34. The smallest absolute Gasteiger partial charge is 0.113 e. The highest BCUT2D eigenvalue weighted by atomic mass is 15.4. The lowest BCUT2D eigenvalue weighted by atomic mass is 9.78. The predicted octanol–water partition coefficient (Wildman–Crippen LogP) is 4.20. The molecule has 4 nitrogen and oxygen atoms in total. The van der Waals surface area contributed by atoms with Gasteiger partial charge in [-0.1, -0.05) is 49.4 Å². The third-order valence-electron chi connectivity index (χ3n) is 6.17. The third kappa shape index (κ3) is 2.06. The van der Waals surface area contributed by atoms with Crippen LogP contribution in [0.15, 0.2) is 42.5 Å². The molecule has 128 valence electrons. The fraction of sp³-hybridized carbons (Fsp3) is 0.429. The molecule has 5 rings (SSSR count). The van der Waals surface area contributed by atoms with Gasteiger partial charge in [-0.05, 0) is 37.0 Å². The van der Waals surface area contributed by atoms with Gasteiger partial charge in [-0.15, -0.1) is 5.10 Å². The zero-order chi connectivity index (χ0) is 17.0. The van der Waals surface area contributed by atoms with Gasteiger partial charge in [0.25, 0.3) is 0 Å². The minimum Gasteiger partial charge on any atom is -0.368 e. The maximum absolute atomic E-state index is 4.58. The summed E-state index contributed by atoms with van der Waals surface area (Å²) in [5, 5.41) is 9.01. The number of aryl methyl sites for hydroxylation is 1. The second kappa shape index (κ2) is 5.58. The van der Waals surface area contributed by atoms with Crippen molar-refractivity contribution in [2.75, 3.05) is 11.4 Å². The molecule has 4 heteroatoms. The van der Waals surface area contributed by atoms with Gasteiger partial charge in [-0.3, -0.25) is 0 Å². The average Bonchev–Trinajstić information content (AvgIpc) is 3.06. The van der Waals surface area contributed by atoms with E-state index in [1.54, 1.807) is 0 Å². The summed E-state index contributed by atoms with van der Waals surface area (Å²) in [6.45, 7) is 5.89. The maximum Gasteiger partial charge on any atom is 0.113 e. The minimum atomic E-state index is 0.252. The highest BCUT2D eigenvalue weighted by molar-refractivity contribution is 5.75. The molecule has 25 heavy (non-hydrogen) atoms. The van der Waals surface area contributed by atoms with Crippen molar-refractivity contribution in [3.8, 4) is 0 Å². The lowest BCUT2D eigenvalue weighted by Gasteiger charge is -2.49. The molecule has 0 unspecified atom stereocenters. The normalized spacial score (nSPS) is 25.2. The zero-order valence-electron chi connectivity index (χ0n) is 14.9. The zero-order valence-corrected chi connectivity index (χ0v) is 14.9. The molecule has 0 aliphatic carbocycles. The minimum absolute atomic E-state index is 0.252. The van der Waals surface area contributed by atoms with Crippen molar-refractivity contribution in [2.24, 2.45) is 5.92 Å². The van der Waals surface area contributed by atoms with E-state index in [9.17, 15) is 0 Å². The Morgan fingerprint density at radius 3 is 2.88 bits per heavy atom. The van der Waals surface area contributed by atoms with Crippen LogP contribution in [0, 0.1) is 5.92 Å². The van der Waals surface area contributed by atoms with Crippen molar-refractivity contribution in [1.29, 1.82) is 0 Å². The first kappa shape index (κ1) is 14.9. The monoisotopic (exact) mass is 332 g/mol. The van der Waals surface area contributed by atoms with E-state index >= 15 is 0 Å². The molecule has 0 N–H and O–H groups in total. The lowest BCUT2D eigenvalue weighted by molar-refractivity contribution is 0.284. The van der Waals surface area contributed by atoms with E-state index in [0.29, 0.717) is 12.0 Å². The van der Waals surface area contributed by atoms with E-state index in [1.807, 2.05) is 6.07 Å². The molecule has 0 amide bonds. The molecular formula is C21H24N4. The molecule has 0 radical (unpaired) electrons. The highest BCUT2D eigenvalue weighted by Gasteiger charge is 2.41. The summed E-state index contributed by atoms with van der Waals surface area (Å²) in [7, 11) is 0. The van der Waals surface area contributed by atoms with Crippen LogP contribution in [0.1, 0.15) is 43.9 Å². The van der Waals surface area contributed by atoms with E-state index in [1.165, 1.54) is 36.2 Å². The number of fused-ring (bicyclic) bond motifs is 1. The largest absolute Gasteiger partial charge is 0.368 e. The van der Waals surface area contributed by atoms with Crippen LogP contribution in [0.3, 0.4) is 0 Å². The summed E-state index contributed by atoms with van der Waals surface area (Å²) in [5.74, 6) is 0.496. The Labute approximate surface area is 148 Å². The molecule has 2 aliphatic rings. The molecule has 2 aliphatic heterocycles. The number of hydrogen-bond donors (Lipinski definition) is 0. The van der Waals surface area contributed by atoms with Crippen LogP contribution in [0.25, 0.3) is 11.0 Å². The van der Waals surface area contributed by atoms with E-state index in [4.69, 9.17) is 0 Å². The van der Waals surface area contributed by atoms with Crippen LogP contribution < -0.4 is 4.90 Å². The molecular weight excluding hydrogens is 308 g/mol. The molecule has 0 spiro atoms. The third-order valence-corrected chi connectivity index (χ3v) is 6.17. The number of nitrogens with zero attached hydrogens (tertiary/aromatic N) is 4. The first-order chi connectivity index (χ1) is 12.3. The van der Waals surface area contributed by atoms with Gasteiger partial charge in [-0.2, -0.15) is 0 Å². The predicted molar refractivity (Wildman–Crippen MR) is 101 cm³/mol. The summed E-state index contributed by atoms with van der Waals surface area (Å²) < 4.78 is 2.17. The summed E-state index contributed by atoms with van der Waals surface area (Å²) >= 11 is 0. The molecule has 3 heterocycles. The van der Waals surface area contributed by atoms with Gasteiger partial charge >= 0.3 is 0 Å². The van der Waals surface area contributed by atoms with Gasteiger partial charge < -0.3 is 4.90 Å². The van der Waals surface area contributed by atoms with Crippen LogP contribution in [0.2, 0.25) is 0 Å². The van der Waals surface area contributed by atoms with Gasteiger partial charge in [0.1, 0.15) is 5.52 Å². The quantitative estimate of drug-likeness (QED) is 0.705. The molecule has 1 aromatic heterocycles. The first-order valence-corrected chi connectivity index (χ1v) is 9.48. The first-order valence-electron chi connectivity index (χ1n) is 9.48. The van der Waals surface area contributed by atoms with Crippen molar-refractivity contribution in [2.45, 2.75) is 45.2 Å². The van der Waals surface area contributed by atoms with Gasteiger partial charge in [0.2, 0.25) is 0 Å². The number of aromatic nitrogens is 3. The van der Waals surface area contributed by atoms with Crippen molar-refractivity contribution < 1.29 is 0 Å². The SMILES string of the molecule is CC[C@H]1[C@H](C)[C@@H](n2nnc3ccccc32)c2cccc3c2N1CCC3. The standard InChI is InChI=1S/C21H24N4/c1-3-18-14(2)20(25-19-12-5-4-11-17(19)22-23-25)16-10-6-8-15-9-7-13-24(18)21(15)16/h4-6,8,10-12,14,18,20H,3,7,9,13H2,1-2H3/t14-,18-,20+/m0/s1. The van der Waals surface area contributed by atoms with E-state index in [0.717, 1.165) is 17.5 Å². The number of hydrogen-bond acceptors (Lipinski definition) is 3. The van der Waals surface area contributed by atoms with E-state index < -0.39 is 0 Å². The second-order valence-corrected chi connectivity index (χ2v) is 7.45. The summed E-state index contributed by atoms with van der Waals surface area (Å²) in [6.07, 6.45) is 3.62. The molecule has 0 bridgehead atoms. The van der Waals surface area contributed by atoms with Crippen LogP contribution in [0.5, 0.6) is 0 Å². The molecule has 0 saturated carbocycles. The molecule has 0 fully saturated rings. The van der Waals surface area contributed by atoms with Gasteiger partial charge in [-0.25, -0.2) is 4.68 Å². The van der Waals surface area contributed by atoms with Crippen molar-refractivity contribution in [3.63, 3.8) is 0 Å². The average molecular weight is 332 g/mol. The Morgan fingerprint density at radius 2 is 2.00 bits per heavy atom. The number of benzene rings is 2. The highest BCUT2D eigenvalue weighted by Crippen LogP contribution is 2.47. The van der Waals surface area contributed by atoms with Gasteiger partial charge in [0.15, 0.2) is 0 Å². The topological polar surface area (TPSA) is 34.0 Å². The van der Waals surface area contributed by atoms with Crippen molar-refractivity contribution in [1.82, 2.24) is 15.0 Å². The number of anilines is 1. The Bertz CT molecular complexity index is 929. The fourth-order valence-electron chi connectivity index (χ4n) is 5.10. The van der Waals surface area contributed by atoms with E-state index in [2.05, 4.69) is 70.1 Å². The summed E-state index contributed by atoms with van der Waals surface area (Å²) in [5.41, 5.74) is 6.52. The van der Waals surface area contributed by atoms with Crippen molar-refractivity contribution >= 4 is 16.7 Å². The van der Waals surface area contributed by atoms with Crippen LogP contribution >= 0.6 is 0 Å². The molecule has 3 aromatic rings.